The van der Waals surface area contributed by atoms with Gasteiger partial charge in [0.2, 0.25) is 0 Å². The number of nitrogens with one attached hydrogen (secondary N) is 1. The molecule has 3 heteroatoms. The first-order valence-electron chi connectivity index (χ1n) is 6.66. The van der Waals surface area contributed by atoms with Crippen LogP contribution in [0.2, 0.25) is 0 Å². The maximum absolute atomic E-state index is 11.9. The zero-order chi connectivity index (χ0) is 13.1. The van der Waals surface area contributed by atoms with E-state index >= 15 is 0 Å². The van der Waals surface area contributed by atoms with Gasteiger partial charge in [-0.1, -0.05) is 19.9 Å². The van der Waals surface area contributed by atoms with Gasteiger partial charge < -0.3 is 10.4 Å². The zero-order valence-electron chi connectivity index (χ0n) is 11.1. The minimum Gasteiger partial charge on any atom is -0.391 e. The number of fused-ring (bicyclic) bond motifs is 1. The second-order valence-electron chi connectivity index (χ2n) is 5.36. The van der Waals surface area contributed by atoms with E-state index in [1.165, 1.54) is 17.5 Å². The Morgan fingerprint density at radius 3 is 2.78 bits per heavy atom. The van der Waals surface area contributed by atoms with Crippen molar-refractivity contribution >= 4 is 5.91 Å². The van der Waals surface area contributed by atoms with Crippen molar-refractivity contribution in [2.45, 2.75) is 39.2 Å². The zero-order valence-corrected chi connectivity index (χ0v) is 11.1. The third-order valence-electron chi connectivity index (χ3n) is 3.60. The van der Waals surface area contributed by atoms with Crippen LogP contribution in [-0.4, -0.2) is 23.7 Å². The average molecular weight is 247 g/mol. The summed E-state index contributed by atoms with van der Waals surface area (Å²) in [7, 11) is 0. The molecule has 0 aliphatic heterocycles. The summed E-state index contributed by atoms with van der Waals surface area (Å²) in [5.74, 6) is 0.0646. The Kier molecular flexibility index (Phi) is 4.02. The monoisotopic (exact) mass is 247 g/mol. The number of aliphatic hydroxyl groups is 1. The lowest BCUT2D eigenvalue weighted by molar-refractivity contribution is 0.0871. The van der Waals surface area contributed by atoms with Gasteiger partial charge in [0.05, 0.1) is 6.10 Å². The van der Waals surface area contributed by atoms with Gasteiger partial charge in [-0.3, -0.25) is 4.79 Å². The van der Waals surface area contributed by atoms with E-state index in [1.54, 1.807) is 0 Å². The number of amides is 1. The lowest BCUT2D eigenvalue weighted by Gasteiger charge is -2.15. The maximum atomic E-state index is 11.9. The van der Waals surface area contributed by atoms with Gasteiger partial charge in [0.15, 0.2) is 0 Å². The van der Waals surface area contributed by atoms with Crippen LogP contribution >= 0.6 is 0 Å². The van der Waals surface area contributed by atoms with Crippen molar-refractivity contribution in [2.24, 2.45) is 5.92 Å². The molecule has 1 unspecified atom stereocenters. The molecule has 2 rings (SSSR count). The minimum absolute atomic E-state index is 0.0931. The molecule has 0 saturated heterocycles. The number of carbonyl (C=O) groups excluding carboxylic acids is 1. The normalized spacial score (nSPS) is 15.6. The Balaban J connectivity index is 1.97. The van der Waals surface area contributed by atoms with Crippen LogP contribution in [-0.2, 0) is 12.8 Å². The molecule has 98 valence electrons. The van der Waals surface area contributed by atoms with Gasteiger partial charge in [-0.2, -0.15) is 0 Å². The molecule has 0 aromatic heterocycles. The highest BCUT2D eigenvalue weighted by molar-refractivity contribution is 5.94. The molecule has 1 aliphatic rings. The number of aryl methyl sites for hydroxylation is 2. The Bertz CT molecular complexity index is 440. The van der Waals surface area contributed by atoms with Crippen LogP contribution in [0.4, 0.5) is 0 Å². The summed E-state index contributed by atoms with van der Waals surface area (Å²) in [5, 5.41) is 12.4. The van der Waals surface area contributed by atoms with Gasteiger partial charge in [-0.15, -0.1) is 0 Å². The van der Waals surface area contributed by atoms with Crippen molar-refractivity contribution in [3.8, 4) is 0 Å². The van der Waals surface area contributed by atoms with Crippen LogP contribution in [0.3, 0.4) is 0 Å². The lowest BCUT2D eigenvalue weighted by atomic mass is 10.1. The van der Waals surface area contributed by atoms with Crippen molar-refractivity contribution in [1.29, 1.82) is 0 Å². The molecule has 1 amide bonds. The number of aliphatic hydroxyl groups excluding tert-OH is 1. The smallest absolute Gasteiger partial charge is 0.251 e. The Morgan fingerprint density at radius 1 is 1.33 bits per heavy atom. The van der Waals surface area contributed by atoms with E-state index in [-0.39, 0.29) is 11.8 Å². The topological polar surface area (TPSA) is 49.3 Å². The van der Waals surface area contributed by atoms with Crippen molar-refractivity contribution in [3.05, 3.63) is 34.9 Å². The first-order valence-corrected chi connectivity index (χ1v) is 6.66. The molecule has 1 aromatic carbocycles. The molecule has 1 aromatic rings. The van der Waals surface area contributed by atoms with Gasteiger partial charge in [-0.25, -0.2) is 0 Å². The molecular formula is C15H21NO2. The highest BCUT2D eigenvalue weighted by atomic mass is 16.3. The number of benzene rings is 1. The van der Waals surface area contributed by atoms with Gasteiger partial charge in [0.25, 0.3) is 5.91 Å². The van der Waals surface area contributed by atoms with E-state index in [4.69, 9.17) is 0 Å². The molecule has 2 N–H and O–H groups in total. The highest BCUT2D eigenvalue weighted by Crippen LogP contribution is 2.22. The van der Waals surface area contributed by atoms with E-state index < -0.39 is 6.10 Å². The molecule has 1 aliphatic carbocycles. The Hall–Kier alpha value is -1.35. The molecule has 0 saturated carbocycles. The largest absolute Gasteiger partial charge is 0.391 e. The summed E-state index contributed by atoms with van der Waals surface area (Å²) in [5.41, 5.74) is 3.37. The average Bonchev–Trinajstić information content (AvgIpc) is 2.82. The predicted molar refractivity (Wildman–Crippen MR) is 71.6 cm³/mol. The first-order chi connectivity index (χ1) is 8.58. The van der Waals surface area contributed by atoms with E-state index in [0.29, 0.717) is 12.1 Å². The number of carbonyl (C=O) groups is 1. The summed E-state index contributed by atoms with van der Waals surface area (Å²) >= 11 is 0. The second-order valence-corrected chi connectivity index (χ2v) is 5.36. The lowest BCUT2D eigenvalue weighted by Crippen LogP contribution is -2.34. The Labute approximate surface area is 108 Å². The van der Waals surface area contributed by atoms with Crippen LogP contribution in [0, 0.1) is 5.92 Å². The predicted octanol–water partition coefficient (Wildman–Crippen LogP) is 1.92. The number of rotatable bonds is 4. The Morgan fingerprint density at radius 2 is 2.06 bits per heavy atom. The van der Waals surface area contributed by atoms with Gasteiger partial charge in [-0.05, 0) is 48.4 Å². The molecule has 0 radical (unpaired) electrons. The third-order valence-corrected chi connectivity index (χ3v) is 3.60. The molecule has 0 spiro atoms. The molecule has 3 nitrogen and oxygen atoms in total. The highest BCUT2D eigenvalue weighted by Gasteiger charge is 2.15. The minimum atomic E-state index is -0.483. The van der Waals surface area contributed by atoms with Crippen LogP contribution in [0.5, 0.6) is 0 Å². The summed E-state index contributed by atoms with van der Waals surface area (Å²) in [4.78, 5) is 11.9. The standard InChI is InChI=1S/C15H21NO2/c1-10(2)14(17)9-16-15(18)13-7-6-11-4-3-5-12(11)8-13/h6-8,10,14,17H,3-5,9H2,1-2H3,(H,16,18). The maximum Gasteiger partial charge on any atom is 0.251 e. The van der Waals surface area contributed by atoms with Crippen LogP contribution in [0.1, 0.15) is 41.8 Å². The van der Waals surface area contributed by atoms with Crippen molar-refractivity contribution < 1.29 is 9.90 Å². The fourth-order valence-electron chi connectivity index (χ4n) is 2.25. The molecular weight excluding hydrogens is 226 g/mol. The number of hydrogen-bond acceptors (Lipinski definition) is 2. The van der Waals surface area contributed by atoms with Crippen LogP contribution in [0.15, 0.2) is 18.2 Å². The van der Waals surface area contributed by atoms with Crippen LogP contribution in [0.25, 0.3) is 0 Å². The van der Waals surface area contributed by atoms with E-state index in [9.17, 15) is 9.90 Å². The molecule has 0 heterocycles. The summed E-state index contributed by atoms with van der Waals surface area (Å²) < 4.78 is 0. The molecule has 0 bridgehead atoms. The van der Waals surface area contributed by atoms with E-state index in [1.807, 2.05) is 26.0 Å². The van der Waals surface area contributed by atoms with Gasteiger partial charge in [0.1, 0.15) is 0 Å². The second kappa shape index (κ2) is 5.53. The van der Waals surface area contributed by atoms with E-state index in [2.05, 4.69) is 11.4 Å². The van der Waals surface area contributed by atoms with Gasteiger partial charge >= 0.3 is 0 Å². The third kappa shape index (κ3) is 2.91. The molecule has 1 atom stereocenters. The molecule has 0 fully saturated rings. The quantitative estimate of drug-likeness (QED) is 0.854. The summed E-state index contributed by atoms with van der Waals surface area (Å²) in [6.07, 6.45) is 2.91. The number of hydrogen-bond donors (Lipinski definition) is 2. The van der Waals surface area contributed by atoms with Crippen molar-refractivity contribution in [2.75, 3.05) is 6.54 Å². The van der Waals surface area contributed by atoms with E-state index in [0.717, 1.165) is 12.8 Å². The van der Waals surface area contributed by atoms with Crippen molar-refractivity contribution in [3.63, 3.8) is 0 Å². The summed E-state index contributed by atoms with van der Waals surface area (Å²) in [6.45, 7) is 4.19. The first kappa shape index (κ1) is 13.1. The van der Waals surface area contributed by atoms with Gasteiger partial charge in [0, 0.05) is 12.1 Å². The van der Waals surface area contributed by atoms with Crippen molar-refractivity contribution in [1.82, 2.24) is 5.32 Å². The fourth-order valence-corrected chi connectivity index (χ4v) is 2.25. The SMILES string of the molecule is CC(C)C(O)CNC(=O)c1ccc2c(c1)CCC2. The summed E-state index contributed by atoms with van der Waals surface area (Å²) in [6, 6.07) is 5.91. The molecule has 18 heavy (non-hydrogen) atoms. The fraction of sp³-hybridized carbons (Fsp3) is 0.533. The van der Waals surface area contributed by atoms with Crippen LogP contribution < -0.4 is 5.32 Å².